The van der Waals surface area contributed by atoms with Gasteiger partial charge in [-0.05, 0) is 48.0 Å². The van der Waals surface area contributed by atoms with Gasteiger partial charge in [-0.25, -0.2) is 0 Å². The first-order valence-electron chi connectivity index (χ1n) is 6.00. The number of hydrogen-bond donors (Lipinski definition) is 1. The second-order valence-electron chi connectivity index (χ2n) is 3.90. The van der Waals surface area contributed by atoms with E-state index in [1.807, 2.05) is 13.8 Å². The zero-order valence-corrected chi connectivity index (χ0v) is 13.2. The van der Waals surface area contributed by atoms with Crippen molar-refractivity contribution in [1.29, 1.82) is 0 Å². The van der Waals surface area contributed by atoms with Crippen molar-refractivity contribution >= 4 is 39.3 Å². The molecular weight excluding hydrogens is 332 g/mol. The molecule has 0 unspecified atom stereocenters. The Kier molecular flexibility index (Phi) is 6.31. The van der Waals surface area contributed by atoms with Gasteiger partial charge in [0.1, 0.15) is 0 Å². The van der Waals surface area contributed by atoms with Gasteiger partial charge < -0.3 is 10.2 Å². The number of amides is 2. The van der Waals surface area contributed by atoms with E-state index < -0.39 is 0 Å². The first-order valence-corrected chi connectivity index (χ1v) is 7.17. The number of benzene rings is 1. The van der Waals surface area contributed by atoms with Gasteiger partial charge in [0.15, 0.2) is 0 Å². The van der Waals surface area contributed by atoms with E-state index in [1.165, 1.54) is 4.90 Å². The summed E-state index contributed by atoms with van der Waals surface area (Å²) in [5, 5.41) is 3.23. The highest BCUT2D eigenvalue weighted by Crippen LogP contribution is 2.22. The molecule has 0 aliphatic heterocycles. The number of carbonyl (C=O) groups excluding carboxylic acids is 2. The van der Waals surface area contributed by atoms with E-state index in [4.69, 9.17) is 11.6 Å². The summed E-state index contributed by atoms with van der Waals surface area (Å²) in [6.45, 7) is 4.74. The van der Waals surface area contributed by atoms with Crippen molar-refractivity contribution in [2.75, 3.05) is 19.6 Å². The molecule has 0 spiro atoms. The maximum atomic E-state index is 12.3. The number of nitrogens with zero attached hydrogens (tertiary/aromatic N) is 1. The Balaban J connectivity index is 2.86. The van der Waals surface area contributed by atoms with Gasteiger partial charge in [0.2, 0.25) is 5.91 Å². The summed E-state index contributed by atoms with van der Waals surface area (Å²) >= 11 is 9.15. The topological polar surface area (TPSA) is 49.4 Å². The van der Waals surface area contributed by atoms with E-state index in [0.717, 1.165) is 0 Å². The fraction of sp³-hybridized carbons (Fsp3) is 0.385. The molecule has 1 aromatic rings. The van der Waals surface area contributed by atoms with Crippen LogP contribution in [0.25, 0.3) is 0 Å². The van der Waals surface area contributed by atoms with Gasteiger partial charge in [-0.1, -0.05) is 11.6 Å². The summed E-state index contributed by atoms with van der Waals surface area (Å²) in [5.74, 6) is -0.361. The third-order valence-corrected chi connectivity index (χ3v) is 3.43. The van der Waals surface area contributed by atoms with Gasteiger partial charge in [0, 0.05) is 22.6 Å². The predicted molar refractivity (Wildman–Crippen MR) is 79.4 cm³/mol. The van der Waals surface area contributed by atoms with Crippen LogP contribution in [0, 0.1) is 0 Å². The van der Waals surface area contributed by atoms with Crippen molar-refractivity contribution < 1.29 is 9.59 Å². The predicted octanol–water partition coefficient (Wildman–Crippen LogP) is 2.70. The van der Waals surface area contributed by atoms with Gasteiger partial charge in [-0.3, -0.25) is 9.59 Å². The highest BCUT2D eigenvalue weighted by Gasteiger charge is 2.19. The van der Waals surface area contributed by atoms with Crippen molar-refractivity contribution in [1.82, 2.24) is 10.2 Å². The second kappa shape index (κ2) is 7.50. The third-order valence-electron chi connectivity index (χ3n) is 2.54. The molecule has 0 heterocycles. The molecular formula is C13H16BrClN2O2. The average Bonchev–Trinajstić information content (AvgIpc) is 2.35. The van der Waals surface area contributed by atoms with Crippen LogP contribution in [0.3, 0.4) is 0 Å². The van der Waals surface area contributed by atoms with E-state index in [0.29, 0.717) is 28.1 Å². The lowest BCUT2D eigenvalue weighted by Crippen LogP contribution is -2.40. The SMILES string of the molecule is CCNC(=O)CN(CC)C(=O)c1ccc(Cl)cc1Br. The lowest BCUT2D eigenvalue weighted by Gasteiger charge is -2.21. The fourth-order valence-electron chi connectivity index (χ4n) is 1.59. The normalized spacial score (nSPS) is 10.1. The number of nitrogens with one attached hydrogen (secondary N) is 1. The number of likely N-dealkylation sites (N-methyl/N-ethyl adjacent to an activating group) is 2. The maximum Gasteiger partial charge on any atom is 0.255 e. The lowest BCUT2D eigenvalue weighted by atomic mass is 10.2. The molecule has 1 N–H and O–H groups in total. The Bertz CT molecular complexity index is 480. The number of hydrogen-bond acceptors (Lipinski definition) is 2. The van der Waals surface area contributed by atoms with Crippen LogP contribution >= 0.6 is 27.5 Å². The molecule has 0 aliphatic rings. The second-order valence-corrected chi connectivity index (χ2v) is 5.19. The van der Waals surface area contributed by atoms with E-state index in [1.54, 1.807) is 18.2 Å². The van der Waals surface area contributed by atoms with Crippen molar-refractivity contribution in [3.63, 3.8) is 0 Å². The fourth-order valence-corrected chi connectivity index (χ4v) is 2.44. The first-order chi connectivity index (χ1) is 8.99. The summed E-state index contributed by atoms with van der Waals surface area (Å²) < 4.78 is 0.624. The van der Waals surface area contributed by atoms with E-state index in [-0.39, 0.29) is 18.4 Å². The average molecular weight is 348 g/mol. The monoisotopic (exact) mass is 346 g/mol. The molecule has 0 saturated heterocycles. The first kappa shape index (κ1) is 16.0. The highest BCUT2D eigenvalue weighted by molar-refractivity contribution is 9.10. The van der Waals surface area contributed by atoms with Crippen LogP contribution in [-0.4, -0.2) is 36.3 Å². The van der Waals surface area contributed by atoms with Crippen molar-refractivity contribution in [3.8, 4) is 0 Å². The van der Waals surface area contributed by atoms with Crippen LogP contribution in [0.15, 0.2) is 22.7 Å². The molecule has 0 bridgehead atoms. The van der Waals surface area contributed by atoms with Crippen LogP contribution < -0.4 is 5.32 Å². The van der Waals surface area contributed by atoms with Crippen LogP contribution in [0.2, 0.25) is 5.02 Å². The zero-order chi connectivity index (χ0) is 14.4. The summed E-state index contributed by atoms with van der Waals surface area (Å²) in [4.78, 5) is 25.4. The minimum atomic E-state index is -0.197. The molecule has 1 rings (SSSR count). The molecule has 0 aliphatic carbocycles. The smallest absolute Gasteiger partial charge is 0.255 e. The number of carbonyl (C=O) groups is 2. The van der Waals surface area contributed by atoms with Crippen molar-refractivity contribution in [2.24, 2.45) is 0 Å². The van der Waals surface area contributed by atoms with Gasteiger partial charge >= 0.3 is 0 Å². The van der Waals surface area contributed by atoms with E-state index >= 15 is 0 Å². The standard InChI is InChI=1S/C13H16BrClN2O2/c1-3-16-12(18)8-17(4-2)13(19)10-6-5-9(15)7-11(10)14/h5-7H,3-4,8H2,1-2H3,(H,16,18). The summed E-state index contributed by atoms with van der Waals surface area (Å²) in [6, 6.07) is 4.96. The summed E-state index contributed by atoms with van der Waals surface area (Å²) in [6.07, 6.45) is 0. The molecule has 0 saturated carbocycles. The zero-order valence-electron chi connectivity index (χ0n) is 10.9. The molecule has 0 radical (unpaired) electrons. The molecule has 104 valence electrons. The molecule has 1 aromatic carbocycles. The van der Waals surface area contributed by atoms with E-state index in [9.17, 15) is 9.59 Å². The molecule has 0 aromatic heterocycles. The quantitative estimate of drug-likeness (QED) is 0.890. The Morgan fingerprint density at radius 1 is 1.37 bits per heavy atom. The Hall–Kier alpha value is -1.07. The van der Waals surface area contributed by atoms with Crippen LogP contribution in [0.5, 0.6) is 0 Å². The number of halogens is 2. The third kappa shape index (κ3) is 4.51. The molecule has 0 fully saturated rings. The molecule has 0 atom stereocenters. The van der Waals surface area contributed by atoms with Crippen molar-refractivity contribution in [3.05, 3.63) is 33.3 Å². The minimum Gasteiger partial charge on any atom is -0.355 e. The van der Waals surface area contributed by atoms with Gasteiger partial charge in [0.25, 0.3) is 5.91 Å². The van der Waals surface area contributed by atoms with Gasteiger partial charge in [-0.15, -0.1) is 0 Å². The van der Waals surface area contributed by atoms with Crippen molar-refractivity contribution in [2.45, 2.75) is 13.8 Å². The number of rotatable bonds is 5. The summed E-state index contributed by atoms with van der Waals surface area (Å²) in [7, 11) is 0. The summed E-state index contributed by atoms with van der Waals surface area (Å²) in [5.41, 5.74) is 0.496. The molecule has 2 amide bonds. The molecule has 6 heteroatoms. The lowest BCUT2D eigenvalue weighted by molar-refractivity contribution is -0.121. The van der Waals surface area contributed by atoms with Crippen LogP contribution in [0.4, 0.5) is 0 Å². The highest BCUT2D eigenvalue weighted by atomic mass is 79.9. The van der Waals surface area contributed by atoms with Gasteiger partial charge in [-0.2, -0.15) is 0 Å². The van der Waals surface area contributed by atoms with E-state index in [2.05, 4.69) is 21.2 Å². The minimum absolute atomic E-state index is 0.0538. The molecule has 4 nitrogen and oxygen atoms in total. The van der Waals surface area contributed by atoms with Crippen LogP contribution in [0.1, 0.15) is 24.2 Å². The Morgan fingerprint density at radius 2 is 2.05 bits per heavy atom. The maximum absolute atomic E-state index is 12.3. The largest absolute Gasteiger partial charge is 0.355 e. The molecule has 19 heavy (non-hydrogen) atoms. The van der Waals surface area contributed by atoms with Gasteiger partial charge in [0.05, 0.1) is 12.1 Å². The Labute approximate surface area is 126 Å². The van der Waals surface area contributed by atoms with Crippen LogP contribution in [-0.2, 0) is 4.79 Å². The Morgan fingerprint density at radius 3 is 2.58 bits per heavy atom.